The summed E-state index contributed by atoms with van der Waals surface area (Å²) >= 11 is 1.66. The Labute approximate surface area is 111 Å². The summed E-state index contributed by atoms with van der Waals surface area (Å²) in [6.45, 7) is 1.84. The number of hydrogen-bond donors (Lipinski definition) is 2. The van der Waals surface area contributed by atoms with Gasteiger partial charge in [-0.25, -0.2) is 4.98 Å². The van der Waals surface area contributed by atoms with Crippen LogP contribution >= 0.6 is 11.3 Å². The Bertz CT molecular complexity index is 414. The number of carbonyl (C=O) groups excluding carboxylic acids is 1. The van der Waals surface area contributed by atoms with Crippen LogP contribution in [0.1, 0.15) is 36.3 Å². The molecule has 3 rings (SSSR count). The molecule has 0 aromatic carbocycles. The Morgan fingerprint density at radius 1 is 1.33 bits per heavy atom. The standard InChI is InChI=1S/C13H19N3OS/c17-12(9-4-3-7-14-8-9)16-13-15-10-5-1-2-6-11(10)18-13/h9,14H,1-8H2,(H,15,16,17)/t9-/m1/s1. The molecule has 98 valence electrons. The van der Waals surface area contributed by atoms with E-state index in [1.807, 2.05) is 0 Å². The first kappa shape index (κ1) is 12.1. The van der Waals surface area contributed by atoms with Crippen LogP contribution in [0.25, 0.3) is 0 Å². The number of aromatic nitrogens is 1. The van der Waals surface area contributed by atoms with E-state index in [0.717, 1.165) is 43.9 Å². The van der Waals surface area contributed by atoms with Gasteiger partial charge >= 0.3 is 0 Å². The van der Waals surface area contributed by atoms with Crippen molar-refractivity contribution in [2.45, 2.75) is 38.5 Å². The Hall–Kier alpha value is -0.940. The van der Waals surface area contributed by atoms with Crippen molar-refractivity contribution in [3.05, 3.63) is 10.6 Å². The van der Waals surface area contributed by atoms with Crippen molar-refractivity contribution in [1.82, 2.24) is 10.3 Å². The second kappa shape index (κ2) is 5.36. The fraction of sp³-hybridized carbons (Fsp3) is 0.692. The molecule has 1 aromatic rings. The summed E-state index contributed by atoms with van der Waals surface area (Å²) in [6, 6.07) is 0. The molecule has 4 nitrogen and oxygen atoms in total. The first-order valence-electron chi connectivity index (χ1n) is 6.83. The number of amides is 1. The molecule has 1 aliphatic heterocycles. The van der Waals surface area contributed by atoms with Crippen molar-refractivity contribution in [2.75, 3.05) is 18.4 Å². The van der Waals surface area contributed by atoms with Crippen LogP contribution < -0.4 is 10.6 Å². The minimum atomic E-state index is 0.111. The number of aryl methyl sites for hydroxylation is 2. The van der Waals surface area contributed by atoms with Gasteiger partial charge in [0.25, 0.3) is 0 Å². The van der Waals surface area contributed by atoms with Crippen LogP contribution in [0.4, 0.5) is 5.13 Å². The lowest BCUT2D eigenvalue weighted by molar-refractivity contribution is -0.120. The van der Waals surface area contributed by atoms with Gasteiger partial charge in [0.1, 0.15) is 0 Å². The van der Waals surface area contributed by atoms with Crippen LogP contribution in [0.15, 0.2) is 0 Å². The number of nitrogens with zero attached hydrogens (tertiary/aromatic N) is 1. The Morgan fingerprint density at radius 3 is 3.00 bits per heavy atom. The number of carbonyl (C=O) groups is 1. The third-order valence-electron chi connectivity index (χ3n) is 3.74. The highest BCUT2D eigenvalue weighted by Crippen LogP contribution is 2.29. The van der Waals surface area contributed by atoms with Gasteiger partial charge in [0, 0.05) is 11.4 Å². The van der Waals surface area contributed by atoms with Gasteiger partial charge in [0.2, 0.25) is 5.91 Å². The van der Waals surface area contributed by atoms with Crippen molar-refractivity contribution in [2.24, 2.45) is 5.92 Å². The lowest BCUT2D eigenvalue weighted by Gasteiger charge is -2.21. The maximum atomic E-state index is 12.1. The van der Waals surface area contributed by atoms with Crippen LogP contribution in [0.3, 0.4) is 0 Å². The Balaban J connectivity index is 1.64. The first-order valence-corrected chi connectivity index (χ1v) is 7.65. The third-order valence-corrected chi connectivity index (χ3v) is 4.82. The van der Waals surface area contributed by atoms with Gasteiger partial charge in [0.05, 0.1) is 11.6 Å². The van der Waals surface area contributed by atoms with E-state index < -0.39 is 0 Å². The molecule has 1 saturated heterocycles. The van der Waals surface area contributed by atoms with E-state index in [-0.39, 0.29) is 11.8 Å². The SMILES string of the molecule is O=C(Nc1nc2c(s1)CCCC2)[C@@H]1CCCNC1. The fourth-order valence-corrected chi connectivity index (χ4v) is 3.74. The Kier molecular flexibility index (Phi) is 3.61. The summed E-state index contributed by atoms with van der Waals surface area (Å²) in [6.07, 6.45) is 6.78. The fourth-order valence-electron chi connectivity index (χ4n) is 2.69. The summed E-state index contributed by atoms with van der Waals surface area (Å²) in [5, 5.41) is 7.07. The van der Waals surface area contributed by atoms with Crippen molar-refractivity contribution in [3.63, 3.8) is 0 Å². The summed E-state index contributed by atoms with van der Waals surface area (Å²) in [4.78, 5) is 18.0. The zero-order valence-corrected chi connectivity index (χ0v) is 11.3. The highest BCUT2D eigenvalue weighted by molar-refractivity contribution is 7.15. The number of anilines is 1. The van der Waals surface area contributed by atoms with Gasteiger partial charge in [-0.1, -0.05) is 0 Å². The molecule has 1 aromatic heterocycles. The van der Waals surface area contributed by atoms with Gasteiger partial charge in [-0.05, 0) is 45.1 Å². The summed E-state index contributed by atoms with van der Waals surface area (Å²) in [5.41, 5.74) is 1.21. The van der Waals surface area contributed by atoms with Gasteiger partial charge in [-0.3, -0.25) is 4.79 Å². The molecule has 5 heteroatoms. The number of thiazole rings is 1. The molecule has 0 radical (unpaired) electrons. The smallest absolute Gasteiger partial charge is 0.230 e. The molecule has 1 amide bonds. The van der Waals surface area contributed by atoms with E-state index in [1.165, 1.54) is 23.4 Å². The van der Waals surface area contributed by atoms with Crippen LogP contribution in [0, 0.1) is 5.92 Å². The van der Waals surface area contributed by atoms with E-state index in [9.17, 15) is 4.79 Å². The average molecular weight is 265 g/mol. The topological polar surface area (TPSA) is 54.0 Å². The minimum Gasteiger partial charge on any atom is -0.316 e. The minimum absolute atomic E-state index is 0.111. The second-order valence-corrected chi connectivity index (χ2v) is 6.21. The highest BCUT2D eigenvalue weighted by Gasteiger charge is 2.23. The number of hydrogen-bond acceptors (Lipinski definition) is 4. The Morgan fingerprint density at radius 2 is 2.22 bits per heavy atom. The van der Waals surface area contributed by atoms with Gasteiger partial charge in [-0.15, -0.1) is 11.3 Å². The van der Waals surface area contributed by atoms with Crippen molar-refractivity contribution < 1.29 is 4.79 Å². The largest absolute Gasteiger partial charge is 0.316 e. The maximum Gasteiger partial charge on any atom is 0.230 e. The molecular weight excluding hydrogens is 246 g/mol. The van der Waals surface area contributed by atoms with E-state index in [2.05, 4.69) is 15.6 Å². The summed E-state index contributed by atoms with van der Waals surface area (Å²) in [7, 11) is 0. The van der Waals surface area contributed by atoms with Crippen LogP contribution in [-0.2, 0) is 17.6 Å². The summed E-state index contributed by atoms with van der Waals surface area (Å²) < 4.78 is 0. The molecule has 1 atom stereocenters. The molecule has 0 spiro atoms. The zero-order valence-electron chi connectivity index (χ0n) is 10.5. The summed E-state index contributed by atoms with van der Waals surface area (Å²) in [5.74, 6) is 0.243. The molecule has 1 fully saturated rings. The molecular formula is C13H19N3OS. The molecule has 2 heterocycles. The molecule has 2 N–H and O–H groups in total. The zero-order chi connectivity index (χ0) is 12.4. The van der Waals surface area contributed by atoms with E-state index in [1.54, 1.807) is 11.3 Å². The molecule has 18 heavy (non-hydrogen) atoms. The van der Waals surface area contributed by atoms with E-state index in [0.29, 0.717) is 0 Å². The first-order chi connectivity index (χ1) is 8.83. The quantitative estimate of drug-likeness (QED) is 0.859. The van der Waals surface area contributed by atoms with Crippen LogP contribution in [0.2, 0.25) is 0 Å². The van der Waals surface area contributed by atoms with E-state index >= 15 is 0 Å². The molecule has 0 unspecified atom stereocenters. The monoisotopic (exact) mass is 265 g/mol. The number of fused-ring (bicyclic) bond motifs is 1. The van der Waals surface area contributed by atoms with Crippen molar-refractivity contribution in [3.8, 4) is 0 Å². The van der Waals surface area contributed by atoms with Crippen molar-refractivity contribution >= 4 is 22.4 Å². The van der Waals surface area contributed by atoms with Crippen LogP contribution in [0.5, 0.6) is 0 Å². The molecule has 1 aliphatic carbocycles. The van der Waals surface area contributed by atoms with E-state index in [4.69, 9.17) is 0 Å². The van der Waals surface area contributed by atoms with Crippen molar-refractivity contribution in [1.29, 1.82) is 0 Å². The highest BCUT2D eigenvalue weighted by atomic mass is 32.1. The number of piperidine rings is 1. The normalized spacial score (nSPS) is 23.4. The maximum absolute atomic E-state index is 12.1. The van der Waals surface area contributed by atoms with Gasteiger partial charge in [0.15, 0.2) is 5.13 Å². The number of nitrogens with one attached hydrogen (secondary N) is 2. The van der Waals surface area contributed by atoms with Gasteiger partial charge in [-0.2, -0.15) is 0 Å². The molecule has 2 aliphatic rings. The number of rotatable bonds is 2. The lowest BCUT2D eigenvalue weighted by atomic mass is 9.99. The predicted octanol–water partition coefficient (Wildman–Crippen LogP) is 1.96. The molecule has 0 saturated carbocycles. The van der Waals surface area contributed by atoms with Gasteiger partial charge < -0.3 is 10.6 Å². The lowest BCUT2D eigenvalue weighted by Crippen LogP contribution is -2.37. The average Bonchev–Trinajstić information content (AvgIpc) is 2.82. The molecule has 0 bridgehead atoms. The third kappa shape index (κ3) is 2.57. The van der Waals surface area contributed by atoms with Crippen LogP contribution in [-0.4, -0.2) is 24.0 Å². The second-order valence-electron chi connectivity index (χ2n) is 5.13. The predicted molar refractivity (Wildman–Crippen MR) is 73.0 cm³/mol.